The fourth-order valence-corrected chi connectivity index (χ4v) is 2.84. The van der Waals surface area contributed by atoms with Gasteiger partial charge < -0.3 is 4.74 Å². The number of hydrogen-bond acceptors (Lipinski definition) is 4. The zero-order valence-electron chi connectivity index (χ0n) is 9.98. The smallest absolute Gasteiger partial charge is 0.257 e. The predicted octanol–water partition coefficient (Wildman–Crippen LogP) is 3.16. The van der Waals surface area contributed by atoms with Crippen molar-refractivity contribution in [1.82, 2.24) is 4.98 Å². The Hall–Kier alpha value is -1.43. The molecule has 4 nitrogen and oxygen atoms in total. The van der Waals surface area contributed by atoms with Gasteiger partial charge in [0, 0.05) is 10.9 Å². The summed E-state index contributed by atoms with van der Waals surface area (Å²) in [4.78, 5) is 16.3. The van der Waals surface area contributed by atoms with E-state index in [0.717, 1.165) is 16.8 Å². The van der Waals surface area contributed by atoms with Gasteiger partial charge in [0.2, 0.25) is 0 Å². The largest absolute Gasteiger partial charge is 0.372 e. The van der Waals surface area contributed by atoms with E-state index in [2.05, 4.69) is 10.3 Å². The number of benzene rings is 1. The number of nitrogens with zero attached hydrogens (tertiary/aromatic N) is 1. The van der Waals surface area contributed by atoms with Gasteiger partial charge in [0.25, 0.3) is 5.91 Å². The molecule has 1 aliphatic rings. The third-order valence-corrected chi connectivity index (χ3v) is 3.97. The Bertz CT molecular complexity index is 627. The minimum Gasteiger partial charge on any atom is -0.372 e. The van der Waals surface area contributed by atoms with Crippen molar-refractivity contribution in [2.75, 3.05) is 5.32 Å². The fourth-order valence-electron chi connectivity index (χ4n) is 1.91. The van der Waals surface area contributed by atoms with Crippen LogP contribution in [0.1, 0.15) is 27.2 Å². The van der Waals surface area contributed by atoms with Crippen molar-refractivity contribution in [3.05, 3.63) is 46.0 Å². The zero-order valence-corrected chi connectivity index (χ0v) is 11.6. The molecule has 1 N–H and O–H groups in total. The molecule has 0 spiro atoms. The van der Waals surface area contributed by atoms with Crippen molar-refractivity contribution < 1.29 is 9.53 Å². The first kappa shape index (κ1) is 12.6. The molecular weight excluding hydrogens is 284 g/mol. The lowest BCUT2D eigenvalue weighted by Crippen LogP contribution is -2.12. The minimum absolute atomic E-state index is 0.162. The number of carbonyl (C=O) groups is 1. The van der Waals surface area contributed by atoms with Gasteiger partial charge in [0.15, 0.2) is 5.13 Å². The number of ether oxygens (including phenoxy) is 1. The van der Waals surface area contributed by atoms with Crippen LogP contribution in [0.4, 0.5) is 5.13 Å². The van der Waals surface area contributed by atoms with E-state index < -0.39 is 0 Å². The highest BCUT2D eigenvalue weighted by Crippen LogP contribution is 2.22. The van der Waals surface area contributed by atoms with E-state index in [1.54, 1.807) is 6.07 Å². The van der Waals surface area contributed by atoms with Gasteiger partial charge in [-0.3, -0.25) is 10.1 Å². The lowest BCUT2D eigenvalue weighted by Gasteiger charge is -2.03. The third kappa shape index (κ3) is 2.63. The molecule has 1 amide bonds. The van der Waals surface area contributed by atoms with Crippen LogP contribution >= 0.6 is 22.9 Å². The number of thiazole rings is 1. The molecule has 0 fully saturated rings. The number of alkyl halides is 1. The van der Waals surface area contributed by atoms with Gasteiger partial charge in [-0.2, -0.15) is 0 Å². The van der Waals surface area contributed by atoms with Crippen LogP contribution in [0.2, 0.25) is 0 Å². The summed E-state index contributed by atoms with van der Waals surface area (Å²) in [6.07, 6.45) is 0. The normalized spacial score (nSPS) is 13.3. The van der Waals surface area contributed by atoms with Crippen molar-refractivity contribution in [2.24, 2.45) is 0 Å². The fraction of sp³-hybridized carbons (Fsp3) is 0.231. The van der Waals surface area contributed by atoms with Crippen LogP contribution in [0.15, 0.2) is 23.6 Å². The minimum atomic E-state index is -0.162. The maximum Gasteiger partial charge on any atom is 0.257 e. The molecule has 0 bridgehead atoms. The molecule has 1 aromatic heterocycles. The number of carbonyl (C=O) groups excluding carboxylic acids is 1. The van der Waals surface area contributed by atoms with Crippen LogP contribution in [-0.4, -0.2) is 10.9 Å². The molecule has 0 saturated heterocycles. The lowest BCUT2D eigenvalue weighted by molar-refractivity contribution is 0.102. The van der Waals surface area contributed by atoms with E-state index in [-0.39, 0.29) is 5.91 Å². The Kier molecular flexibility index (Phi) is 3.50. The number of nitrogens with one attached hydrogen (secondary N) is 1. The molecule has 0 saturated carbocycles. The lowest BCUT2D eigenvalue weighted by atomic mass is 10.1. The number of anilines is 1. The van der Waals surface area contributed by atoms with E-state index >= 15 is 0 Å². The Morgan fingerprint density at radius 3 is 3.05 bits per heavy atom. The third-order valence-electron chi connectivity index (χ3n) is 2.89. The predicted molar refractivity (Wildman–Crippen MR) is 74.6 cm³/mol. The van der Waals surface area contributed by atoms with Gasteiger partial charge in [-0.1, -0.05) is 6.07 Å². The van der Waals surface area contributed by atoms with Crippen molar-refractivity contribution >= 4 is 34.0 Å². The Labute approximate surface area is 119 Å². The molecule has 0 unspecified atom stereocenters. The van der Waals surface area contributed by atoms with Crippen molar-refractivity contribution in [3.63, 3.8) is 0 Å². The average molecular weight is 295 g/mol. The standard InChI is InChI=1S/C13H11ClN2O2S/c14-4-11-7-19-13(15-11)16-12(17)8-1-2-9-5-18-6-10(9)3-8/h1-3,7H,4-6H2,(H,15,16,17). The summed E-state index contributed by atoms with van der Waals surface area (Å²) in [5.41, 5.74) is 3.61. The van der Waals surface area contributed by atoms with Gasteiger partial charge >= 0.3 is 0 Å². The van der Waals surface area contributed by atoms with Crippen LogP contribution in [-0.2, 0) is 23.8 Å². The van der Waals surface area contributed by atoms with E-state index in [1.165, 1.54) is 11.3 Å². The molecule has 2 aromatic rings. The molecular formula is C13H11ClN2O2S. The van der Waals surface area contributed by atoms with E-state index in [0.29, 0.717) is 29.8 Å². The molecule has 6 heteroatoms. The highest BCUT2D eigenvalue weighted by atomic mass is 35.5. The first-order valence-electron chi connectivity index (χ1n) is 5.77. The quantitative estimate of drug-likeness (QED) is 0.885. The van der Waals surface area contributed by atoms with Crippen LogP contribution < -0.4 is 5.32 Å². The molecule has 19 heavy (non-hydrogen) atoms. The molecule has 2 heterocycles. The highest BCUT2D eigenvalue weighted by molar-refractivity contribution is 7.14. The van der Waals surface area contributed by atoms with E-state index in [4.69, 9.17) is 16.3 Å². The van der Waals surface area contributed by atoms with Crippen molar-refractivity contribution in [1.29, 1.82) is 0 Å². The summed E-state index contributed by atoms with van der Waals surface area (Å²) in [6, 6.07) is 5.61. The summed E-state index contributed by atoms with van der Waals surface area (Å²) >= 11 is 7.05. The summed E-state index contributed by atoms with van der Waals surface area (Å²) in [7, 11) is 0. The number of hydrogen-bond donors (Lipinski definition) is 1. The van der Waals surface area contributed by atoms with Crippen LogP contribution in [0.3, 0.4) is 0 Å². The summed E-state index contributed by atoms with van der Waals surface area (Å²) in [5.74, 6) is 0.188. The van der Waals surface area contributed by atoms with Crippen molar-refractivity contribution in [3.8, 4) is 0 Å². The average Bonchev–Trinajstić information content (AvgIpc) is 3.05. The monoisotopic (exact) mass is 294 g/mol. The second-order valence-corrected chi connectivity index (χ2v) is 5.33. The molecule has 98 valence electrons. The summed E-state index contributed by atoms with van der Waals surface area (Å²) in [5, 5.41) is 5.17. The van der Waals surface area contributed by atoms with Gasteiger partial charge in [0.1, 0.15) is 0 Å². The molecule has 1 aliphatic heterocycles. The van der Waals surface area contributed by atoms with Crippen molar-refractivity contribution in [2.45, 2.75) is 19.1 Å². The molecule has 0 radical (unpaired) electrons. The second kappa shape index (κ2) is 5.28. The van der Waals surface area contributed by atoms with Gasteiger partial charge in [0.05, 0.1) is 24.8 Å². The van der Waals surface area contributed by atoms with E-state index in [1.807, 2.05) is 17.5 Å². The highest BCUT2D eigenvalue weighted by Gasteiger charge is 2.15. The van der Waals surface area contributed by atoms with E-state index in [9.17, 15) is 4.79 Å². The maximum absolute atomic E-state index is 12.1. The van der Waals surface area contributed by atoms with Crippen LogP contribution in [0.25, 0.3) is 0 Å². The summed E-state index contributed by atoms with van der Waals surface area (Å²) in [6.45, 7) is 1.20. The van der Waals surface area contributed by atoms with Gasteiger partial charge in [-0.15, -0.1) is 22.9 Å². The zero-order chi connectivity index (χ0) is 13.2. The topological polar surface area (TPSA) is 51.2 Å². The molecule has 3 rings (SSSR count). The Morgan fingerprint density at radius 2 is 2.26 bits per heavy atom. The number of aromatic nitrogens is 1. The van der Waals surface area contributed by atoms with Gasteiger partial charge in [-0.25, -0.2) is 4.98 Å². The number of amides is 1. The number of fused-ring (bicyclic) bond motifs is 1. The first-order valence-corrected chi connectivity index (χ1v) is 7.19. The second-order valence-electron chi connectivity index (χ2n) is 4.21. The SMILES string of the molecule is O=C(Nc1nc(CCl)cs1)c1ccc2c(c1)COC2. The molecule has 0 atom stereocenters. The Morgan fingerprint density at radius 1 is 1.42 bits per heavy atom. The molecule has 1 aromatic carbocycles. The molecule has 0 aliphatic carbocycles. The van der Waals surface area contributed by atoms with Crippen LogP contribution in [0.5, 0.6) is 0 Å². The Balaban J connectivity index is 1.76. The number of rotatable bonds is 3. The summed E-state index contributed by atoms with van der Waals surface area (Å²) < 4.78 is 5.33. The first-order chi connectivity index (χ1) is 9.26. The van der Waals surface area contributed by atoms with Gasteiger partial charge in [-0.05, 0) is 23.3 Å². The maximum atomic E-state index is 12.1. The number of halogens is 1. The van der Waals surface area contributed by atoms with Crippen LogP contribution in [0, 0.1) is 0 Å².